The molecular formula is C22H28Cl3NO9. The Labute approximate surface area is 218 Å². The number of halogens is 3. The molecule has 1 aliphatic rings. The summed E-state index contributed by atoms with van der Waals surface area (Å²) < 4.78 is 15.1. The molecule has 5 atom stereocenters. The molecule has 1 heterocycles. The van der Waals surface area contributed by atoms with Crippen LogP contribution in [0, 0.1) is 6.92 Å². The number of ether oxygens (including phenoxy) is 3. The van der Waals surface area contributed by atoms with Crippen molar-refractivity contribution in [1.29, 1.82) is 0 Å². The molecule has 1 saturated heterocycles. The largest absolute Gasteiger partial charge is 0.486 e. The van der Waals surface area contributed by atoms with E-state index in [0.29, 0.717) is 11.3 Å². The van der Waals surface area contributed by atoms with Crippen LogP contribution in [-0.4, -0.2) is 75.9 Å². The van der Waals surface area contributed by atoms with Crippen LogP contribution >= 0.6 is 35.6 Å². The summed E-state index contributed by atoms with van der Waals surface area (Å²) in [5.74, 6) is -0.818. The fourth-order valence-electron chi connectivity index (χ4n) is 3.21. The van der Waals surface area contributed by atoms with Gasteiger partial charge in [0.2, 0.25) is 0 Å². The van der Waals surface area contributed by atoms with Crippen molar-refractivity contribution in [2.45, 2.75) is 44.2 Å². The highest BCUT2D eigenvalue weighted by molar-refractivity contribution is 6.38. The van der Waals surface area contributed by atoms with Crippen LogP contribution in [0.4, 0.5) is 5.69 Å². The van der Waals surface area contributed by atoms with Crippen molar-refractivity contribution in [2.24, 2.45) is 0 Å². The van der Waals surface area contributed by atoms with Gasteiger partial charge in [0.1, 0.15) is 31.0 Å². The molecule has 0 spiro atoms. The number of anilines is 1. The number of aliphatic hydroxyl groups excluding tert-OH is 4. The average Bonchev–Trinajstić information content (AvgIpc) is 2.79. The Balaban J connectivity index is 0.000000378. The number of nitrogen functional groups attached to an aromatic ring is 1. The van der Waals surface area contributed by atoms with E-state index in [2.05, 4.69) is 0 Å². The number of nitrogens with two attached hydrogens (primary N) is 1. The minimum Gasteiger partial charge on any atom is -0.486 e. The van der Waals surface area contributed by atoms with E-state index in [0.717, 1.165) is 5.56 Å². The van der Waals surface area contributed by atoms with Gasteiger partial charge in [-0.1, -0.05) is 35.3 Å². The Morgan fingerprint density at radius 1 is 1.17 bits per heavy atom. The number of carboxylic acid groups (broad SMARTS) is 1. The maximum Gasteiger partial charge on any atom is 0.336 e. The van der Waals surface area contributed by atoms with Crippen LogP contribution in [0.3, 0.4) is 0 Å². The predicted octanol–water partition coefficient (Wildman–Crippen LogP) is 2.02. The van der Waals surface area contributed by atoms with Crippen molar-refractivity contribution < 1.29 is 44.5 Å². The van der Waals surface area contributed by atoms with Crippen LogP contribution in [-0.2, 0) is 16.1 Å². The van der Waals surface area contributed by atoms with E-state index in [4.69, 9.17) is 53.4 Å². The van der Waals surface area contributed by atoms with Gasteiger partial charge >= 0.3 is 5.97 Å². The first-order valence-corrected chi connectivity index (χ1v) is 10.8. The Morgan fingerprint density at radius 3 is 2.37 bits per heavy atom. The quantitative estimate of drug-likeness (QED) is 0.289. The van der Waals surface area contributed by atoms with Gasteiger partial charge in [-0.2, -0.15) is 0 Å². The summed E-state index contributed by atoms with van der Waals surface area (Å²) in [6.07, 6.45) is -5.81. The molecule has 0 unspecified atom stereocenters. The zero-order valence-corrected chi connectivity index (χ0v) is 21.1. The maximum atomic E-state index is 11.1. The van der Waals surface area contributed by atoms with Crippen molar-refractivity contribution >= 4 is 47.3 Å². The SMILES string of the molecule is CO[C@@H]1[C@@H](O)[C@H](O)[C@@H](CO)O[C@@H]1O.Cc1c(C(=O)O)cc(Cl)c(OCc2cccc(N)c2)c1Cl.Cl. The molecular weight excluding hydrogens is 529 g/mol. The summed E-state index contributed by atoms with van der Waals surface area (Å²) in [5.41, 5.74) is 7.65. The number of aliphatic hydroxyl groups is 4. The van der Waals surface area contributed by atoms with Crippen LogP contribution in [0.15, 0.2) is 30.3 Å². The number of carboxylic acids is 1. The first-order chi connectivity index (χ1) is 16.0. The van der Waals surface area contributed by atoms with Crippen LogP contribution < -0.4 is 10.5 Å². The molecule has 1 aliphatic heterocycles. The molecule has 7 N–H and O–H groups in total. The molecule has 196 valence electrons. The fraction of sp³-hybridized carbons (Fsp3) is 0.409. The van der Waals surface area contributed by atoms with Gasteiger partial charge in [0.05, 0.1) is 22.2 Å². The van der Waals surface area contributed by atoms with Gasteiger partial charge in [0.15, 0.2) is 12.0 Å². The lowest BCUT2D eigenvalue weighted by atomic mass is 9.99. The van der Waals surface area contributed by atoms with E-state index >= 15 is 0 Å². The molecule has 0 aliphatic carbocycles. The summed E-state index contributed by atoms with van der Waals surface area (Å²) in [7, 11) is 1.28. The zero-order chi connectivity index (χ0) is 25.6. The number of methoxy groups -OCH3 is 1. The fourth-order valence-corrected chi connectivity index (χ4v) is 3.78. The molecule has 3 rings (SSSR count). The second kappa shape index (κ2) is 14.0. The Hall–Kier alpha value is -1.86. The third-order valence-electron chi connectivity index (χ3n) is 5.10. The number of hydrogen-bond acceptors (Lipinski definition) is 9. The van der Waals surface area contributed by atoms with Crippen molar-refractivity contribution in [2.75, 3.05) is 19.5 Å². The summed E-state index contributed by atoms with van der Waals surface area (Å²) in [5, 5.41) is 46.1. The smallest absolute Gasteiger partial charge is 0.336 e. The summed E-state index contributed by atoms with van der Waals surface area (Å²) in [4.78, 5) is 11.1. The normalized spacial score (nSPS) is 23.5. The van der Waals surface area contributed by atoms with Gasteiger partial charge in [-0.05, 0) is 36.2 Å². The first kappa shape index (κ1) is 31.2. The summed E-state index contributed by atoms with van der Waals surface area (Å²) >= 11 is 12.2. The lowest BCUT2D eigenvalue weighted by Gasteiger charge is -2.39. The predicted molar refractivity (Wildman–Crippen MR) is 131 cm³/mol. The zero-order valence-electron chi connectivity index (χ0n) is 18.8. The van der Waals surface area contributed by atoms with Crippen molar-refractivity contribution in [3.05, 3.63) is 57.1 Å². The van der Waals surface area contributed by atoms with Crippen molar-refractivity contribution in [3.8, 4) is 5.75 Å². The molecule has 35 heavy (non-hydrogen) atoms. The Kier molecular flexibility index (Phi) is 12.5. The first-order valence-electron chi connectivity index (χ1n) is 10.0. The second-order valence-corrected chi connectivity index (χ2v) is 8.23. The lowest BCUT2D eigenvalue weighted by molar-refractivity contribution is -0.291. The maximum absolute atomic E-state index is 11.1. The molecule has 2 aromatic carbocycles. The van der Waals surface area contributed by atoms with Gasteiger partial charge in [0.25, 0.3) is 0 Å². The topological polar surface area (TPSA) is 172 Å². The molecule has 0 radical (unpaired) electrons. The molecule has 0 aromatic heterocycles. The van der Waals surface area contributed by atoms with Crippen molar-refractivity contribution in [1.82, 2.24) is 0 Å². The third kappa shape index (κ3) is 7.81. The second-order valence-electron chi connectivity index (χ2n) is 7.44. The molecule has 1 fully saturated rings. The Bertz CT molecular complexity index is 995. The molecule has 10 nitrogen and oxygen atoms in total. The van der Waals surface area contributed by atoms with Crippen LogP contribution in [0.25, 0.3) is 0 Å². The van der Waals surface area contributed by atoms with Crippen LogP contribution in [0.5, 0.6) is 5.75 Å². The average molecular weight is 557 g/mol. The number of rotatable bonds is 6. The van der Waals surface area contributed by atoms with E-state index in [1.807, 2.05) is 12.1 Å². The lowest BCUT2D eigenvalue weighted by Crippen LogP contribution is -2.59. The summed E-state index contributed by atoms with van der Waals surface area (Å²) in [6, 6.07) is 8.56. The van der Waals surface area contributed by atoms with Gasteiger partial charge < -0.3 is 45.5 Å². The van der Waals surface area contributed by atoms with E-state index in [1.54, 1.807) is 19.1 Å². The third-order valence-corrected chi connectivity index (χ3v) is 5.84. The minimum absolute atomic E-state index is 0. The number of hydrogen-bond donors (Lipinski definition) is 6. The molecule has 0 saturated carbocycles. The number of carbonyl (C=O) groups is 1. The number of benzene rings is 2. The van der Waals surface area contributed by atoms with E-state index in [-0.39, 0.29) is 40.4 Å². The standard InChI is InChI=1S/C15H13Cl2NO3.C7H14O6.ClH/c1-8-11(15(19)20)6-12(16)14(13(8)17)21-7-9-3-2-4-10(18)5-9;1-12-6-5(10)4(9)3(2-8)13-7(6)11;/h2-6H,7,18H2,1H3,(H,19,20);3-11H,2H2,1H3;1H/t;3-,4-,5+,6-,7+;/m.1./s1. The molecule has 13 heteroatoms. The monoisotopic (exact) mass is 555 g/mol. The van der Waals surface area contributed by atoms with Gasteiger partial charge in [-0.15, -0.1) is 12.4 Å². The highest BCUT2D eigenvalue weighted by Crippen LogP contribution is 2.38. The van der Waals surface area contributed by atoms with Crippen LogP contribution in [0.2, 0.25) is 10.0 Å². The Morgan fingerprint density at radius 2 is 1.83 bits per heavy atom. The molecule has 0 amide bonds. The van der Waals surface area contributed by atoms with E-state index in [9.17, 15) is 20.1 Å². The van der Waals surface area contributed by atoms with Gasteiger partial charge in [0, 0.05) is 12.8 Å². The highest BCUT2D eigenvalue weighted by Gasteiger charge is 2.43. The van der Waals surface area contributed by atoms with Gasteiger partial charge in [-0.25, -0.2) is 4.79 Å². The van der Waals surface area contributed by atoms with E-state index in [1.165, 1.54) is 13.2 Å². The molecule has 0 bridgehead atoms. The van der Waals surface area contributed by atoms with Gasteiger partial charge in [-0.3, -0.25) is 0 Å². The van der Waals surface area contributed by atoms with Crippen molar-refractivity contribution in [3.63, 3.8) is 0 Å². The number of aromatic carboxylic acids is 1. The van der Waals surface area contributed by atoms with E-state index < -0.39 is 43.3 Å². The highest BCUT2D eigenvalue weighted by atomic mass is 35.5. The molecule has 2 aromatic rings. The minimum atomic E-state index is -1.33. The summed E-state index contributed by atoms with van der Waals surface area (Å²) in [6.45, 7) is 1.37. The van der Waals surface area contributed by atoms with Crippen LogP contribution in [0.1, 0.15) is 21.5 Å².